The number of esters is 1. The molecule has 0 amide bonds. The van der Waals surface area contributed by atoms with Crippen molar-refractivity contribution < 1.29 is 34.4 Å². The number of methoxy groups -OCH3 is 1. The second kappa shape index (κ2) is 8.46. The molecule has 0 aromatic carbocycles. The van der Waals surface area contributed by atoms with Gasteiger partial charge in [0.1, 0.15) is 6.04 Å². The van der Waals surface area contributed by atoms with Gasteiger partial charge in [0.25, 0.3) is 0 Å². The van der Waals surface area contributed by atoms with Crippen LogP contribution in [0.15, 0.2) is 0 Å². The Labute approximate surface area is 115 Å². The number of aliphatic hydroxyl groups excluding tert-OH is 1. The van der Waals surface area contributed by atoms with E-state index < -0.39 is 29.6 Å². The standard InChI is InChI=1S/C11H20N2O7/c1-20-8(15)4-5-11(12,10(18)19)13-7(9(16)17)3-2-6-14/h7,13-14H,2-6,12H2,1H3,(H,16,17)(H,18,19)/t7-,11+/m0/s1. The molecule has 0 fully saturated rings. The van der Waals surface area contributed by atoms with E-state index >= 15 is 0 Å². The highest BCUT2D eigenvalue weighted by molar-refractivity contribution is 5.81. The summed E-state index contributed by atoms with van der Waals surface area (Å²) in [6.07, 6.45) is -0.399. The first-order chi connectivity index (χ1) is 9.26. The largest absolute Gasteiger partial charge is 0.480 e. The number of rotatable bonds is 10. The molecule has 20 heavy (non-hydrogen) atoms. The van der Waals surface area contributed by atoms with E-state index in [1.165, 1.54) is 0 Å². The zero-order chi connectivity index (χ0) is 15.8. The summed E-state index contributed by atoms with van der Waals surface area (Å²) in [4.78, 5) is 33.2. The Balaban J connectivity index is 4.82. The average molecular weight is 292 g/mol. The Hall–Kier alpha value is -1.71. The molecule has 6 N–H and O–H groups in total. The minimum absolute atomic E-state index is 0.0102. The molecule has 9 heteroatoms. The zero-order valence-electron chi connectivity index (χ0n) is 11.2. The van der Waals surface area contributed by atoms with E-state index in [2.05, 4.69) is 10.1 Å². The Bertz CT molecular complexity index is 361. The fourth-order valence-corrected chi connectivity index (χ4v) is 1.51. The summed E-state index contributed by atoms with van der Waals surface area (Å²) < 4.78 is 4.38. The van der Waals surface area contributed by atoms with Crippen LogP contribution in [-0.2, 0) is 19.1 Å². The van der Waals surface area contributed by atoms with Gasteiger partial charge in [0.15, 0.2) is 5.66 Å². The highest BCUT2D eigenvalue weighted by Crippen LogP contribution is 2.11. The lowest BCUT2D eigenvalue weighted by Crippen LogP contribution is -2.64. The summed E-state index contributed by atoms with van der Waals surface area (Å²) in [5, 5.41) is 29.1. The molecule has 0 heterocycles. The molecule has 0 aliphatic heterocycles. The number of aliphatic carboxylic acids is 2. The summed E-state index contributed by atoms with van der Waals surface area (Å²) in [5.74, 6) is -3.41. The third-order valence-corrected chi connectivity index (χ3v) is 2.71. The smallest absolute Gasteiger partial charge is 0.338 e. The van der Waals surface area contributed by atoms with Crippen LogP contribution in [0.3, 0.4) is 0 Å². The van der Waals surface area contributed by atoms with E-state index in [0.717, 1.165) is 7.11 Å². The minimum Gasteiger partial charge on any atom is -0.480 e. The van der Waals surface area contributed by atoms with Crippen LogP contribution in [0.5, 0.6) is 0 Å². The van der Waals surface area contributed by atoms with E-state index in [0.29, 0.717) is 0 Å². The molecule has 0 aromatic rings. The molecule has 9 nitrogen and oxygen atoms in total. The molecule has 0 radical (unpaired) electrons. The van der Waals surface area contributed by atoms with Crippen LogP contribution in [0, 0.1) is 0 Å². The summed E-state index contributed by atoms with van der Waals surface area (Å²) in [6, 6.07) is -1.24. The molecule has 0 saturated heterocycles. The molecule has 0 aliphatic rings. The maximum absolute atomic E-state index is 11.2. The molecular formula is C11H20N2O7. The van der Waals surface area contributed by atoms with Gasteiger partial charge in [-0.25, -0.2) is 4.79 Å². The van der Waals surface area contributed by atoms with E-state index in [4.69, 9.17) is 21.1 Å². The minimum atomic E-state index is -2.06. The maximum atomic E-state index is 11.2. The van der Waals surface area contributed by atoms with Crippen LogP contribution in [0.1, 0.15) is 25.7 Å². The quantitative estimate of drug-likeness (QED) is 0.238. The first kappa shape index (κ1) is 18.3. The maximum Gasteiger partial charge on any atom is 0.338 e. The Kier molecular flexibility index (Phi) is 7.74. The van der Waals surface area contributed by atoms with Crippen LogP contribution >= 0.6 is 0 Å². The van der Waals surface area contributed by atoms with Gasteiger partial charge in [-0.3, -0.25) is 14.9 Å². The number of nitrogens with two attached hydrogens (primary N) is 1. The second-order valence-electron chi connectivity index (χ2n) is 4.25. The Morgan fingerprint density at radius 3 is 2.35 bits per heavy atom. The summed E-state index contributed by atoms with van der Waals surface area (Å²) >= 11 is 0. The highest BCUT2D eigenvalue weighted by Gasteiger charge is 2.38. The number of carbonyl (C=O) groups excluding carboxylic acids is 1. The fourth-order valence-electron chi connectivity index (χ4n) is 1.51. The van der Waals surface area contributed by atoms with Gasteiger partial charge < -0.3 is 25.8 Å². The fraction of sp³-hybridized carbons (Fsp3) is 0.727. The first-order valence-electron chi connectivity index (χ1n) is 5.97. The molecule has 0 saturated carbocycles. The van der Waals surface area contributed by atoms with Crippen molar-refractivity contribution in [2.45, 2.75) is 37.4 Å². The summed E-state index contributed by atoms with van der Waals surface area (Å²) in [7, 11) is 1.15. The molecule has 2 atom stereocenters. The van der Waals surface area contributed by atoms with Gasteiger partial charge >= 0.3 is 17.9 Å². The molecule has 0 aromatic heterocycles. The number of carboxylic acid groups (broad SMARTS) is 2. The number of hydrogen-bond donors (Lipinski definition) is 5. The first-order valence-corrected chi connectivity index (χ1v) is 5.97. The third kappa shape index (κ3) is 5.95. The van der Waals surface area contributed by atoms with Gasteiger partial charge in [-0.05, 0) is 12.8 Å². The number of carbonyl (C=O) groups is 3. The predicted molar refractivity (Wildman–Crippen MR) is 66.7 cm³/mol. The van der Waals surface area contributed by atoms with Crippen molar-refractivity contribution in [3.63, 3.8) is 0 Å². The molecule has 116 valence electrons. The van der Waals surface area contributed by atoms with Gasteiger partial charge in [-0.1, -0.05) is 0 Å². The highest BCUT2D eigenvalue weighted by atomic mass is 16.5. The van der Waals surface area contributed by atoms with Crippen LogP contribution < -0.4 is 11.1 Å². The van der Waals surface area contributed by atoms with Gasteiger partial charge in [0, 0.05) is 19.4 Å². The topological polar surface area (TPSA) is 159 Å². The van der Waals surface area contributed by atoms with Crippen LogP contribution in [-0.4, -0.2) is 58.6 Å². The molecule has 0 bridgehead atoms. The van der Waals surface area contributed by atoms with Gasteiger partial charge in [0.2, 0.25) is 0 Å². The van der Waals surface area contributed by atoms with Crippen LogP contribution in [0.2, 0.25) is 0 Å². The van der Waals surface area contributed by atoms with Crippen molar-refractivity contribution >= 4 is 17.9 Å². The lowest BCUT2D eigenvalue weighted by molar-refractivity contribution is -0.148. The number of hydrogen-bond acceptors (Lipinski definition) is 7. The Morgan fingerprint density at radius 2 is 1.95 bits per heavy atom. The number of carboxylic acids is 2. The monoisotopic (exact) mass is 292 g/mol. The molecule has 0 spiro atoms. The van der Waals surface area contributed by atoms with Crippen molar-refractivity contribution in [3.05, 3.63) is 0 Å². The zero-order valence-corrected chi connectivity index (χ0v) is 11.2. The third-order valence-electron chi connectivity index (χ3n) is 2.71. The van der Waals surface area contributed by atoms with Crippen molar-refractivity contribution in [1.29, 1.82) is 0 Å². The van der Waals surface area contributed by atoms with E-state index in [-0.39, 0.29) is 32.3 Å². The average Bonchev–Trinajstić information content (AvgIpc) is 2.40. The normalized spacial score (nSPS) is 15.2. The van der Waals surface area contributed by atoms with Crippen LogP contribution in [0.4, 0.5) is 0 Å². The van der Waals surface area contributed by atoms with Gasteiger partial charge in [0.05, 0.1) is 7.11 Å². The van der Waals surface area contributed by atoms with Crippen LogP contribution in [0.25, 0.3) is 0 Å². The number of nitrogens with one attached hydrogen (secondary N) is 1. The van der Waals surface area contributed by atoms with Crippen molar-refractivity contribution in [3.8, 4) is 0 Å². The molecule has 0 rings (SSSR count). The van der Waals surface area contributed by atoms with E-state index in [9.17, 15) is 14.4 Å². The lowest BCUT2D eigenvalue weighted by atomic mass is 10.0. The SMILES string of the molecule is COC(=O)CC[C@@](N)(N[C@@H](CCCO)C(=O)O)C(=O)O. The Morgan fingerprint density at radius 1 is 1.35 bits per heavy atom. The number of aliphatic hydroxyl groups is 1. The van der Waals surface area contributed by atoms with Crippen molar-refractivity contribution in [1.82, 2.24) is 5.32 Å². The second-order valence-corrected chi connectivity index (χ2v) is 4.25. The van der Waals surface area contributed by atoms with Crippen molar-refractivity contribution in [2.24, 2.45) is 5.73 Å². The molecule has 0 unspecified atom stereocenters. The summed E-state index contributed by atoms with van der Waals surface area (Å²) in [5.41, 5.74) is 3.55. The van der Waals surface area contributed by atoms with Gasteiger partial charge in [-0.15, -0.1) is 0 Å². The van der Waals surface area contributed by atoms with Crippen molar-refractivity contribution in [2.75, 3.05) is 13.7 Å². The van der Waals surface area contributed by atoms with E-state index in [1.807, 2.05) is 0 Å². The number of ether oxygens (including phenoxy) is 1. The molecule has 0 aliphatic carbocycles. The van der Waals surface area contributed by atoms with Gasteiger partial charge in [-0.2, -0.15) is 0 Å². The summed E-state index contributed by atoms with van der Waals surface area (Å²) in [6.45, 7) is -0.224. The lowest BCUT2D eigenvalue weighted by Gasteiger charge is -2.29. The predicted octanol–water partition coefficient (Wildman–Crippen LogP) is -1.51. The van der Waals surface area contributed by atoms with E-state index in [1.54, 1.807) is 0 Å². The molecular weight excluding hydrogens is 272 g/mol.